The van der Waals surface area contributed by atoms with E-state index in [0.717, 1.165) is 52.4 Å². The number of anilines is 3. The molecule has 0 saturated heterocycles. The van der Waals surface area contributed by atoms with Gasteiger partial charge < -0.3 is 9.32 Å². The second-order valence-corrected chi connectivity index (χ2v) is 16.9. The summed E-state index contributed by atoms with van der Waals surface area (Å²) in [6, 6.07) is 53.2. The Morgan fingerprint density at radius 2 is 1.34 bits per heavy atom. The molecule has 9 aromatic rings. The number of benzene rings is 7. The van der Waals surface area contributed by atoms with Crippen LogP contribution < -0.4 is 4.90 Å². The summed E-state index contributed by atoms with van der Waals surface area (Å²) >= 11 is 1.87. The van der Waals surface area contributed by atoms with Crippen molar-refractivity contribution in [3.8, 4) is 45.2 Å². The van der Waals surface area contributed by atoms with Crippen LogP contribution in [-0.2, 0) is 5.41 Å². The SMILES string of the molecule is CC1(C)C2=C(CCC=C2)c2ccc(N(c3ccc(-c4ccc5c6c(cccc46)-c4oc(-c6ccccc6)nc4-5)cc3)c3ccc4c(c3)sc3ccccc34)cc21. The summed E-state index contributed by atoms with van der Waals surface area (Å²) in [6.07, 6.45) is 6.94. The molecule has 0 amide bonds. The highest BCUT2D eigenvalue weighted by Gasteiger charge is 2.37. The Kier molecular flexibility index (Phi) is 6.68. The maximum atomic E-state index is 6.45. The summed E-state index contributed by atoms with van der Waals surface area (Å²) in [7, 11) is 0. The molecule has 12 rings (SSSR count). The van der Waals surface area contributed by atoms with E-state index in [1.165, 1.54) is 70.0 Å². The van der Waals surface area contributed by atoms with Crippen LogP contribution in [0.5, 0.6) is 0 Å². The Morgan fingerprint density at radius 3 is 2.23 bits per heavy atom. The summed E-state index contributed by atoms with van der Waals surface area (Å²) in [5.74, 6) is 1.52. The molecule has 3 nitrogen and oxygen atoms in total. The molecular weight excluding hydrogens is 701 g/mol. The minimum atomic E-state index is -0.0488. The first-order valence-electron chi connectivity index (χ1n) is 19.5. The van der Waals surface area contributed by atoms with Gasteiger partial charge in [-0.3, -0.25) is 0 Å². The molecule has 56 heavy (non-hydrogen) atoms. The topological polar surface area (TPSA) is 29.3 Å². The first-order valence-corrected chi connectivity index (χ1v) is 20.3. The molecule has 3 aliphatic rings. The molecule has 0 radical (unpaired) electrons. The van der Waals surface area contributed by atoms with Crippen molar-refractivity contribution in [1.82, 2.24) is 4.98 Å². The fraction of sp³-hybridized carbons (Fsp3) is 0.0962. The molecule has 0 aliphatic heterocycles. The zero-order valence-electron chi connectivity index (χ0n) is 31.1. The van der Waals surface area contributed by atoms with E-state index in [4.69, 9.17) is 9.40 Å². The van der Waals surface area contributed by atoms with Crippen molar-refractivity contribution in [2.75, 3.05) is 4.90 Å². The first-order chi connectivity index (χ1) is 27.5. The number of hydrogen-bond donors (Lipinski definition) is 0. The van der Waals surface area contributed by atoms with Crippen LogP contribution in [0, 0.1) is 0 Å². The predicted octanol–water partition coefficient (Wildman–Crippen LogP) is 15.0. The van der Waals surface area contributed by atoms with Crippen molar-refractivity contribution in [3.63, 3.8) is 0 Å². The molecule has 0 saturated carbocycles. The predicted molar refractivity (Wildman–Crippen MR) is 235 cm³/mol. The highest BCUT2D eigenvalue weighted by molar-refractivity contribution is 7.25. The largest absolute Gasteiger partial charge is 0.435 e. The van der Waals surface area contributed by atoms with Gasteiger partial charge in [0.05, 0.1) is 0 Å². The van der Waals surface area contributed by atoms with E-state index < -0.39 is 0 Å². The molecule has 0 fully saturated rings. The Balaban J connectivity index is 0.969. The monoisotopic (exact) mass is 736 g/mol. The summed E-state index contributed by atoms with van der Waals surface area (Å²) < 4.78 is 9.06. The van der Waals surface area contributed by atoms with Gasteiger partial charge in [0.25, 0.3) is 0 Å². The van der Waals surface area contributed by atoms with Crippen LogP contribution in [0.4, 0.5) is 17.1 Å². The van der Waals surface area contributed by atoms with Crippen LogP contribution in [0.3, 0.4) is 0 Å². The van der Waals surface area contributed by atoms with E-state index in [2.05, 4.69) is 146 Å². The van der Waals surface area contributed by atoms with Gasteiger partial charge in [-0.2, -0.15) is 0 Å². The van der Waals surface area contributed by atoms with Crippen LogP contribution in [0.25, 0.3) is 81.7 Å². The Bertz CT molecular complexity index is 3130. The van der Waals surface area contributed by atoms with Crippen LogP contribution in [0.15, 0.2) is 168 Å². The molecule has 0 atom stereocenters. The van der Waals surface area contributed by atoms with Gasteiger partial charge in [-0.1, -0.05) is 117 Å². The van der Waals surface area contributed by atoms with E-state index >= 15 is 0 Å². The van der Waals surface area contributed by atoms with Gasteiger partial charge in [0.15, 0.2) is 5.76 Å². The van der Waals surface area contributed by atoms with Gasteiger partial charge in [-0.05, 0) is 106 Å². The summed E-state index contributed by atoms with van der Waals surface area (Å²) in [4.78, 5) is 7.44. The first kappa shape index (κ1) is 31.8. The van der Waals surface area contributed by atoms with Gasteiger partial charge >= 0.3 is 0 Å². The lowest BCUT2D eigenvalue weighted by molar-refractivity contribution is 0.590. The second-order valence-electron chi connectivity index (χ2n) is 15.8. The van der Waals surface area contributed by atoms with Crippen molar-refractivity contribution in [2.24, 2.45) is 0 Å². The second kappa shape index (κ2) is 11.8. The molecule has 7 aromatic carbocycles. The van der Waals surface area contributed by atoms with Gasteiger partial charge in [0, 0.05) is 64.7 Å². The summed E-state index contributed by atoms with van der Waals surface area (Å²) in [5.41, 5.74) is 15.8. The minimum Gasteiger partial charge on any atom is -0.435 e. The fourth-order valence-electron chi connectivity index (χ4n) is 9.65. The number of fused-ring (bicyclic) bond motifs is 8. The molecule has 3 aliphatic carbocycles. The van der Waals surface area contributed by atoms with Crippen LogP contribution in [0.2, 0.25) is 0 Å². The van der Waals surface area contributed by atoms with Gasteiger partial charge in [0.2, 0.25) is 5.89 Å². The maximum absolute atomic E-state index is 6.45. The number of oxazole rings is 1. The average Bonchev–Trinajstić information content (AvgIpc) is 3.98. The molecule has 0 bridgehead atoms. The molecule has 266 valence electrons. The molecule has 0 spiro atoms. The molecule has 4 heteroatoms. The molecule has 0 unspecified atom stereocenters. The maximum Gasteiger partial charge on any atom is 0.227 e. The zero-order valence-corrected chi connectivity index (χ0v) is 32.0. The zero-order chi connectivity index (χ0) is 37.1. The molecule has 2 heterocycles. The highest BCUT2D eigenvalue weighted by Crippen LogP contribution is 2.53. The van der Waals surface area contributed by atoms with E-state index in [1.54, 1.807) is 0 Å². The van der Waals surface area contributed by atoms with E-state index in [9.17, 15) is 0 Å². The Hall–Kier alpha value is -6.49. The van der Waals surface area contributed by atoms with Crippen molar-refractivity contribution >= 4 is 64.9 Å². The molecule has 0 N–H and O–H groups in total. The standard InChI is InChI=1S/C52H36N2OS/c1-52(2)44-17-8-6-13-37(44)38-25-23-34(29-45(38)52)54(35-24-26-40-39-14-7-9-18-46(39)56-47(40)30-35)33-21-19-31(20-22-33)36-27-28-42-48-41(36)15-10-16-43(48)50-49(42)53-51(55-50)32-11-4-3-5-12-32/h3-5,7-12,14-30H,6,13H2,1-2H3. The quantitative estimate of drug-likeness (QED) is 0.176. The average molecular weight is 737 g/mol. The number of nitrogens with zero attached hydrogens (tertiary/aromatic N) is 2. The third-order valence-corrected chi connectivity index (χ3v) is 13.5. The molecule has 2 aromatic heterocycles. The number of thiophene rings is 1. The number of aromatic nitrogens is 1. The van der Waals surface area contributed by atoms with Gasteiger partial charge in [-0.15, -0.1) is 11.3 Å². The number of hydrogen-bond acceptors (Lipinski definition) is 4. The summed E-state index contributed by atoms with van der Waals surface area (Å²) in [5, 5.41) is 5.05. The van der Waals surface area contributed by atoms with Crippen LogP contribution in [-0.4, -0.2) is 4.98 Å². The number of rotatable bonds is 5. The smallest absolute Gasteiger partial charge is 0.227 e. The van der Waals surface area contributed by atoms with E-state index in [-0.39, 0.29) is 5.41 Å². The lowest BCUT2D eigenvalue weighted by Crippen LogP contribution is -2.18. The van der Waals surface area contributed by atoms with Crippen molar-refractivity contribution in [2.45, 2.75) is 32.1 Å². The third-order valence-electron chi connectivity index (χ3n) is 12.3. The Morgan fingerprint density at radius 1 is 0.607 bits per heavy atom. The highest BCUT2D eigenvalue weighted by atomic mass is 32.1. The fourth-order valence-corrected chi connectivity index (χ4v) is 10.8. The number of allylic oxidation sites excluding steroid dienone is 4. The van der Waals surface area contributed by atoms with Crippen LogP contribution in [0.1, 0.15) is 37.8 Å². The van der Waals surface area contributed by atoms with Crippen LogP contribution >= 0.6 is 11.3 Å². The summed E-state index contributed by atoms with van der Waals surface area (Å²) in [6.45, 7) is 4.78. The molecular formula is C52H36N2OS. The van der Waals surface area contributed by atoms with Gasteiger partial charge in [-0.25, -0.2) is 4.98 Å². The minimum absolute atomic E-state index is 0.0488. The van der Waals surface area contributed by atoms with Gasteiger partial charge in [0.1, 0.15) is 5.69 Å². The lowest BCUT2D eigenvalue weighted by atomic mass is 9.80. The lowest BCUT2D eigenvalue weighted by Gasteiger charge is -2.29. The van der Waals surface area contributed by atoms with E-state index in [0.29, 0.717) is 5.89 Å². The van der Waals surface area contributed by atoms with Crippen molar-refractivity contribution in [1.29, 1.82) is 0 Å². The normalized spacial score (nSPS) is 14.8. The van der Waals surface area contributed by atoms with Crippen molar-refractivity contribution < 1.29 is 4.42 Å². The third kappa shape index (κ3) is 4.54. The van der Waals surface area contributed by atoms with Crippen molar-refractivity contribution in [3.05, 3.63) is 174 Å². The Labute approximate surface area is 329 Å². The van der Waals surface area contributed by atoms with E-state index in [1.807, 2.05) is 41.7 Å².